The normalized spacial score (nSPS) is 12.5. The summed E-state index contributed by atoms with van der Waals surface area (Å²) in [5.41, 5.74) is -1.06. The number of methoxy groups -OCH3 is 2. The van der Waals surface area contributed by atoms with Crippen molar-refractivity contribution >= 4 is 5.97 Å². The van der Waals surface area contributed by atoms with E-state index in [9.17, 15) is 20.1 Å². The molecular weight excluding hydrogens is 352 g/mol. The summed E-state index contributed by atoms with van der Waals surface area (Å²) >= 11 is 0. The fourth-order valence-corrected chi connectivity index (χ4v) is 1.81. The van der Waals surface area contributed by atoms with E-state index in [-0.39, 0.29) is 45.0 Å². The van der Waals surface area contributed by atoms with Gasteiger partial charge in [0.2, 0.25) is 5.76 Å². The van der Waals surface area contributed by atoms with E-state index in [2.05, 4.69) is 0 Å². The zero-order chi connectivity index (χ0) is 19.8. The quantitative estimate of drug-likeness (QED) is 0.0841. The van der Waals surface area contributed by atoms with Gasteiger partial charge in [-0.05, 0) is 18.9 Å². The highest BCUT2D eigenvalue weighted by atomic mass is 16.8. The Morgan fingerprint density at radius 1 is 1.00 bits per heavy atom. The summed E-state index contributed by atoms with van der Waals surface area (Å²) in [5, 5.41) is 36.6. The lowest BCUT2D eigenvalue weighted by Crippen LogP contribution is -2.33. The third kappa shape index (κ3) is 9.43. The number of hydrogen-bond acceptors (Lipinski definition) is 10. The van der Waals surface area contributed by atoms with Gasteiger partial charge in [-0.25, -0.2) is 4.79 Å². The fraction of sp³-hybridized carbons (Fsp3) is 0.812. The molecule has 4 N–H and O–H groups in total. The van der Waals surface area contributed by atoms with Gasteiger partial charge in [0, 0.05) is 19.6 Å². The van der Waals surface area contributed by atoms with E-state index in [1.807, 2.05) is 0 Å². The maximum Gasteiger partial charge on any atom is 0.377 e. The van der Waals surface area contributed by atoms with Gasteiger partial charge in [0.1, 0.15) is 6.61 Å². The van der Waals surface area contributed by atoms with Gasteiger partial charge in [-0.2, -0.15) is 0 Å². The molecule has 0 rings (SSSR count). The minimum Gasteiger partial charge on any atom is -0.484 e. The van der Waals surface area contributed by atoms with Crippen LogP contribution >= 0.6 is 0 Å². The zero-order valence-electron chi connectivity index (χ0n) is 15.3. The van der Waals surface area contributed by atoms with Crippen LogP contribution < -0.4 is 0 Å². The number of carbonyl (C=O) groups is 1. The topological polar surface area (TPSA) is 144 Å². The van der Waals surface area contributed by atoms with Crippen molar-refractivity contribution in [3.63, 3.8) is 0 Å². The number of carbonyl (C=O) groups excluding carboxylic acids is 1. The molecule has 0 aliphatic heterocycles. The van der Waals surface area contributed by atoms with Gasteiger partial charge in [0.15, 0.2) is 0 Å². The first-order chi connectivity index (χ1) is 12.5. The maximum atomic E-state index is 12.2. The van der Waals surface area contributed by atoms with Crippen LogP contribution in [0.15, 0.2) is 11.8 Å². The highest BCUT2D eigenvalue weighted by Crippen LogP contribution is 2.23. The molecule has 0 unspecified atom stereocenters. The molecule has 0 aliphatic rings. The van der Waals surface area contributed by atoms with E-state index in [4.69, 9.17) is 28.8 Å². The van der Waals surface area contributed by atoms with Crippen molar-refractivity contribution in [2.45, 2.75) is 19.3 Å². The Hall–Kier alpha value is -1.27. The molecule has 0 aromatic heterocycles. The molecule has 0 heterocycles. The minimum atomic E-state index is -1.20. The number of allylic oxidation sites excluding steroid dienone is 1. The van der Waals surface area contributed by atoms with E-state index < -0.39 is 37.7 Å². The molecule has 0 saturated heterocycles. The number of rotatable bonds is 16. The average molecular weight is 382 g/mol. The number of aliphatic hydroxyl groups excluding tert-OH is 4. The summed E-state index contributed by atoms with van der Waals surface area (Å²) in [6, 6.07) is 0. The van der Waals surface area contributed by atoms with E-state index in [1.165, 1.54) is 20.3 Å². The van der Waals surface area contributed by atoms with E-state index in [1.54, 1.807) is 0 Å². The first kappa shape index (κ1) is 24.7. The van der Waals surface area contributed by atoms with E-state index >= 15 is 0 Å². The first-order valence-electron chi connectivity index (χ1n) is 8.13. The molecule has 0 bridgehead atoms. The molecule has 10 nitrogen and oxygen atoms in total. The van der Waals surface area contributed by atoms with Gasteiger partial charge in [-0.15, -0.1) is 0 Å². The second-order valence-electron chi connectivity index (χ2n) is 5.43. The number of ether oxygens (including phenoxy) is 5. The Morgan fingerprint density at radius 2 is 1.62 bits per heavy atom. The molecule has 26 heavy (non-hydrogen) atoms. The largest absolute Gasteiger partial charge is 0.484 e. The van der Waals surface area contributed by atoms with E-state index in [0.717, 1.165) is 0 Å². The molecule has 0 aromatic rings. The van der Waals surface area contributed by atoms with Crippen LogP contribution in [-0.4, -0.2) is 93.3 Å². The molecule has 10 heteroatoms. The smallest absolute Gasteiger partial charge is 0.377 e. The second kappa shape index (κ2) is 14.9. The van der Waals surface area contributed by atoms with Crippen LogP contribution in [0.2, 0.25) is 0 Å². The first-order valence-corrected chi connectivity index (χ1v) is 8.13. The fourth-order valence-electron chi connectivity index (χ4n) is 1.81. The zero-order valence-corrected chi connectivity index (χ0v) is 15.3. The third-order valence-electron chi connectivity index (χ3n) is 3.52. The summed E-state index contributed by atoms with van der Waals surface area (Å²) in [6.45, 7) is -2.20. The second-order valence-corrected chi connectivity index (χ2v) is 5.43. The molecule has 0 saturated carbocycles. The Balaban J connectivity index is 4.85. The van der Waals surface area contributed by atoms with Crippen LogP contribution in [-0.2, 0) is 28.5 Å². The van der Waals surface area contributed by atoms with Crippen LogP contribution in [0.3, 0.4) is 0 Å². The van der Waals surface area contributed by atoms with Gasteiger partial charge in [0.05, 0.1) is 39.6 Å². The van der Waals surface area contributed by atoms with Gasteiger partial charge < -0.3 is 44.1 Å². The number of hydrogen-bond donors (Lipinski definition) is 4. The van der Waals surface area contributed by atoms with Gasteiger partial charge in [-0.3, -0.25) is 0 Å². The molecule has 154 valence electrons. The van der Waals surface area contributed by atoms with Crippen molar-refractivity contribution in [3.8, 4) is 0 Å². The Bertz CT molecular complexity index is 382. The molecule has 0 atom stereocenters. The summed E-state index contributed by atoms with van der Waals surface area (Å²) in [7, 11) is 2.60. The van der Waals surface area contributed by atoms with Crippen LogP contribution in [0.4, 0.5) is 0 Å². The third-order valence-corrected chi connectivity index (χ3v) is 3.52. The SMILES string of the molecule is COC(OC)OC(=O)C(=CCCC(CO)(CO)CO)OCCOCCO. The predicted molar refractivity (Wildman–Crippen MR) is 88.8 cm³/mol. The summed E-state index contributed by atoms with van der Waals surface area (Å²) in [6.07, 6.45) is 1.87. The summed E-state index contributed by atoms with van der Waals surface area (Å²) in [5.74, 6) is -0.956. The molecule has 0 spiro atoms. The van der Waals surface area contributed by atoms with Gasteiger partial charge in [-0.1, -0.05) is 0 Å². The lowest BCUT2D eigenvalue weighted by molar-refractivity contribution is -0.254. The highest BCUT2D eigenvalue weighted by Gasteiger charge is 2.27. The molecule has 0 radical (unpaired) electrons. The standard InChI is InChI=1S/C16H30O10/c1-22-15(23-2)26-14(21)13(25-9-8-24-7-6-17)4-3-5-16(10-18,11-19)12-20/h4,15,17-20H,3,5-12H2,1-2H3. The Labute approximate surface area is 152 Å². The lowest BCUT2D eigenvalue weighted by Gasteiger charge is -2.26. The van der Waals surface area contributed by atoms with Crippen LogP contribution in [0.1, 0.15) is 12.8 Å². The maximum absolute atomic E-state index is 12.2. The molecule has 0 aliphatic carbocycles. The van der Waals surface area contributed by atoms with Gasteiger partial charge in [0.25, 0.3) is 0 Å². The molecule has 0 fully saturated rings. The van der Waals surface area contributed by atoms with Crippen molar-refractivity contribution < 1.29 is 48.9 Å². The molecular formula is C16H30O10. The summed E-state index contributed by atoms with van der Waals surface area (Å²) in [4.78, 5) is 12.2. The predicted octanol–water partition coefficient (Wildman–Crippen LogP) is -1.24. The average Bonchev–Trinajstić information content (AvgIpc) is 2.67. The van der Waals surface area contributed by atoms with Crippen LogP contribution in [0, 0.1) is 5.41 Å². The van der Waals surface area contributed by atoms with Crippen molar-refractivity contribution in [2.24, 2.45) is 5.41 Å². The van der Waals surface area contributed by atoms with Crippen molar-refractivity contribution in [1.82, 2.24) is 0 Å². The molecule has 0 amide bonds. The van der Waals surface area contributed by atoms with Crippen molar-refractivity contribution in [3.05, 3.63) is 11.8 Å². The minimum absolute atomic E-state index is 0.0384. The van der Waals surface area contributed by atoms with Crippen molar-refractivity contribution in [1.29, 1.82) is 0 Å². The van der Waals surface area contributed by atoms with Crippen molar-refractivity contribution in [2.75, 3.05) is 60.5 Å². The molecule has 0 aromatic carbocycles. The number of esters is 1. The lowest BCUT2D eigenvalue weighted by atomic mass is 9.86. The van der Waals surface area contributed by atoms with Gasteiger partial charge >= 0.3 is 12.4 Å². The highest BCUT2D eigenvalue weighted by molar-refractivity contribution is 5.86. The summed E-state index contributed by atoms with van der Waals surface area (Å²) < 4.78 is 24.9. The van der Waals surface area contributed by atoms with E-state index in [0.29, 0.717) is 0 Å². The Kier molecular flexibility index (Phi) is 14.1. The number of aliphatic hydroxyl groups is 4. The monoisotopic (exact) mass is 382 g/mol. The Morgan fingerprint density at radius 3 is 2.12 bits per heavy atom. The van der Waals surface area contributed by atoms with Crippen LogP contribution in [0.25, 0.3) is 0 Å². The van der Waals surface area contributed by atoms with Crippen LogP contribution in [0.5, 0.6) is 0 Å².